The molecule has 0 saturated carbocycles. The van der Waals surface area contributed by atoms with Gasteiger partial charge in [-0.05, 0) is 42.8 Å². The Morgan fingerprint density at radius 3 is 2.76 bits per heavy atom. The van der Waals surface area contributed by atoms with Crippen molar-refractivity contribution in [3.63, 3.8) is 0 Å². The van der Waals surface area contributed by atoms with Crippen molar-refractivity contribution in [3.8, 4) is 17.2 Å². The van der Waals surface area contributed by atoms with Crippen molar-refractivity contribution >= 4 is 23.2 Å². The number of hydrogen-bond donors (Lipinski definition) is 1. The van der Waals surface area contributed by atoms with Gasteiger partial charge in [-0.25, -0.2) is 0 Å². The zero-order chi connectivity index (χ0) is 17.6. The number of aromatic nitrogens is 2. The number of ether oxygens (including phenoxy) is 1. The molecule has 130 valence electrons. The van der Waals surface area contributed by atoms with E-state index in [1.807, 2.05) is 36.4 Å². The first-order chi connectivity index (χ1) is 12.2. The number of nitrogens with one attached hydrogen (secondary N) is 1. The van der Waals surface area contributed by atoms with Crippen LogP contribution in [0, 0.1) is 0 Å². The summed E-state index contributed by atoms with van der Waals surface area (Å²) in [5.74, 6) is 1.65. The van der Waals surface area contributed by atoms with Gasteiger partial charge in [0.05, 0.1) is 19.2 Å². The molecule has 1 N–H and O–H groups in total. The fourth-order valence-corrected chi connectivity index (χ4v) is 2.90. The smallest absolute Gasteiger partial charge is 0.251 e. The van der Waals surface area contributed by atoms with E-state index in [4.69, 9.17) is 32.4 Å². The second kappa shape index (κ2) is 8.34. The van der Waals surface area contributed by atoms with Gasteiger partial charge < -0.3 is 14.5 Å². The highest BCUT2D eigenvalue weighted by atomic mass is 35.5. The minimum absolute atomic E-state index is 0.440. The van der Waals surface area contributed by atoms with Gasteiger partial charge in [0.2, 0.25) is 5.89 Å². The molecule has 0 fully saturated rings. The lowest BCUT2D eigenvalue weighted by Crippen LogP contribution is -2.17. The highest BCUT2D eigenvalue weighted by Crippen LogP contribution is 2.28. The molecule has 0 unspecified atom stereocenters. The van der Waals surface area contributed by atoms with Crippen molar-refractivity contribution in [1.82, 2.24) is 15.5 Å². The molecule has 1 heterocycles. The molecule has 3 aromatic rings. The Kier molecular flexibility index (Phi) is 5.91. The third kappa shape index (κ3) is 4.51. The third-order valence-electron chi connectivity index (χ3n) is 3.67. The fraction of sp³-hybridized carbons (Fsp3) is 0.222. The largest absolute Gasteiger partial charge is 0.496 e. The van der Waals surface area contributed by atoms with E-state index in [1.165, 1.54) is 0 Å². The molecule has 0 saturated heterocycles. The van der Waals surface area contributed by atoms with Crippen molar-refractivity contribution in [1.29, 1.82) is 0 Å². The Morgan fingerprint density at radius 2 is 1.96 bits per heavy atom. The molecule has 0 atom stereocenters. The SMILES string of the molecule is COc1ccccc1-c1nnc(CNCCc2ccc(Cl)cc2Cl)o1. The normalized spacial score (nSPS) is 10.8. The van der Waals surface area contributed by atoms with Crippen molar-refractivity contribution in [3.05, 3.63) is 64.0 Å². The van der Waals surface area contributed by atoms with Crippen LogP contribution in [0.15, 0.2) is 46.9 Å². The van der Waals surface area contributed by atoms with E-state index in [-0.39, 0.29) is 0 Å². The highest BCUT2D eigenvalue weighted by Gasteiger charge is 2.12. The standard InChI is InChI=1S/C18H17Cl2N3O2/c1-24-16-5-3-2-4-14(16)18-23-22-17(25-18)11-21-9-8-12-6-7-13(19)10-15(12)20/h2-7,10,21H,8-9,11H2,1H3. The maximum absolute atomic E-state index is 6.16. The van der Waals surface area contributed by atoms with E-state index in [2.05, 4.69) is 15.5 Å². The Balaban J connectivity index is 1.55. The number of hydrogen-bond acceptors (Lipinski definition) is 5. The molecular weight excluding hydrogens is 361 g/mol. The Labute approximate surface area is 155 Å². The summed E-state index contributed by atoms with van der Waals surface area (Å²) in [6, 6.07) is 13.0. The van der Waals surface area contributed by atoms with Gasteiger partial charge in [-0.3, -0.25) is 0 Å². The van der Waals surface area contributed by atoms with E-state index >= 15 is 0 Å². The zero-order valence-electron chi connectivity index (χ0n) is 13.6. The molecule has 1 aromatic heterocycles. The Bertz CT molecular complexity index is 852. The summed E-state index contributed by atoms with van der Waals surface area (Å²) < 4.78 is 11.0. The lowest BCUT2D eigenvalue weighted by atomic mass is 10.1. The molecule has 0 aliphatic rings. The van der Waals surface area contributed by atoms with Gasteiger partial charge in [-0.2, -0.15) is 0 Å². The minimum atomic E-state index is 0.440. The van der Waals surface area contributed by atoms with Crippen LogP contribution in [0.3, 0.4) is 0 Å². The monoisotopic (exact) mass is 377 g/mol. The first kappa shape index (κ1) is 17.7. The lowest BCUT2D eigenvalue weighted by molar-refractivity contribution is 0.413. The Morgan fingerprint density at radius 1 is 1.12 bits per heavy atom. The van der Waals surface area contributed by atoms with Crippen molar-refractivity contribution in [2.75, 3.05) is 13.7 Å². The molecule has 0 bridgehead atoms. The van der Waals surface area contributed by atoms with E-state index in [9.17, 15) is 0 Å². The molecule has 3 rings (SSSR count). The molecule has 25 heavy (non-hydrogen) atoms. The zero-order valence-corrected chi connectivity index (χ0v) is 15.1. The van der Waals surface area contributed by atoms with E-state index in [1.54, 1.807) is 13.2 Å². The second-order valence-corrected chi connectivity index (χ2v) is 6.21. The molecule has 5 nitrogen and oxygen atoms in total. The summed E-state index contributed by atoms with van der Waals surface area (Å²) in [7, 11) is 1.61. The number of methoxy groups -OCH3 is 1. The number of halogens is 2. The van der Waals surface area contributed by atoms with Crippen LogP contribution in [0.4, 0.5) is 0 Å². The summed E-state index contributed by atoms with van der Waals surface area (Å²) in [4.78, 5) is 0. The number of para-hydroxylation sites is 1. The molecule has 2 aromatic carbocycles. The van der Waals surface area contributed by atoms with Crippen LogP contribution >= 0.6 is 23.2 Å². The fourth-order valence-electron chi connectivity index (χ4n) is 2.40. The van der Waals surface area contributed by atoms with Gasteiger partial charge in [0.15, 0.2) is 0 Å². The van der Waals surface area contributed by atoms with Crippen molar-refractivity contribution in [2.24, 2.45) is 0 Å². The summed E-state index contributed by atoms with van der Waals surface area (Å²) in [5.41, 5.74) is 1.82. The van der Waals surface area contributed by atoms with Gasteiger partial charge in [0.1, 0.15) is 5.75 Å². The van der Waals surface area contributed by atoms with Crippen LogP contribution in [0.2, 0.25) is 10.0 Å². The van der Waals surface area contributed by atoms with Gasteiger partial charge >= 0.3 is 0 Å². The minimum Gasteiger partial charge on any atom is -0.496 e. The van der Waals surface area contributed by atoms with E-state index < -0.39 is 0 Å². The maximum Gasteiger partial charge on any atom is 0.251 e. The quantitative estimate of drug-likeness (QED) is 0.618. The first-order valence-electron chi connectivity index (χ1n) is 7.78. The summed E-state index contributed by atoms with van der Waals surface area (Å²) in [6.07, 6.45) is 0.781. The first-order valence-corrected chi connectivity index (χ1v) is 8.53. The molecular formula is C18H17Cl2N3O2. The highest BCUT2D eigenvalue weighted by molar-refractivity contribution is 6.35. The van der Waals surface area contributed by atoms with E-state index in [0.717, 1.165) is 24.1 Å². The van der Waals surface area contributed by atoms with E-state index in [0.29, 0.717) is 34.1 Å². The van der Waals surface area contributed by atoms with Crippen LogP contribution in [0.1, 0.15) is 11.5 Å². The van der Waals surface area contributed by atoms with Crippen molar-refractivity contribution < 1.29 is 9.15 Å². The number of nitrogens with zero attached hydrogens (tertiary/aromatic N) is 2. The van der Waals surface area contributed by atoms with Gasteiger partial charge in [0.25, 0.3) is 5.89 Å². The van der Waals surface area contributed by atoms with Crippen LogP contribution in [0.25, 0.3) is 11.5 Å². The third-order valence-corrected chi connectivity index (χ3v) is 4.25. The molecule has 0 aliphatic carbocycles. The summed E-state index contributed by atoms with van der Waals surface area (Å²) >= 11 is 12.1. The van der Waals surface area contributed by atoms with Gasteiger partial charge in [-0.1, -0.05) is 41.4 Å². The Hall–Kier alpha value is -2.08. The maximum atomic E-state index is 6.16. The van der Waals surface area contributed by atoms with Crippen LogP contribution in [0.5, 0.6) is 5.75 Å². The number of benzene rings is 2. The van der Waals surface area contributed by atoms with Gasteiger partial charge in [-0.15, -0.1) is 10.2 Å². The van der Waals surface area contributed by atoms with Crippen molar-refractivity contribution in [2.45, 2.75) is 13.0 Å². The molecule has 0 radical (unpaired) electrons. The predicted octanol–water partition coefficient (Wildman–Crippen LogP) is 4.38. The number of rotatable bonds is 7. The molecule has 0 amide bonds. The molecule has 0 aliphatic heterocycles. The van der Waals surface area contributed by atoms with Crippen LogP contribution in [-0.2, 0) is 13.0 Å². The van der Waals surface area contributed by atoms with Gasteiger partial charge in [0, 0.05) is 10.0 Å². The summed E-state index contributed by atoms with van der Waals surface area (Å²) in [6.45, 7) is 1.21. The summed E-state index contributed by atoms with van der Waals surface area (Å²) in [5, 5.41) is 12.7. The second-order valence-electron chi connectivity index (χ2n) is 5.36. The molecule has 7 heteroatoms. The van der Waals surface area contributed by atoms with Crippen LogP contribution < -0.4 is 10.1 Å². The topological polar surface area (TPSA) is 60.2 Å². The lowest BCUT2D eigenvalue weighted by Gasteiger charge is -2.05. The average molecular weight is 378 g/mol. The predicted molar refractivity (Wildman–Crippen MR) is 98.2 cm³/mol. The molecule has 0 spiro atoms. The van der Waals surface area contributed by atoms with Crippen LogP contribution in [-0.4, -0.2) is 23.9 Å². The average Bonchev–Trinajstić information content (AvgIpc) is 3.09.